The van der Waals surface area contributed by atoms with Gasteiger partial charge in [0, 0.05) is 62.0 Å². The van der Waals surface area contributed by atoms with E-state index >= 15 is 0 Å². The lowest BCUT2D eigenvalue weighted by Gasteiger charge is -2.18. The molecule has 166 valence electrons. The molecule has 2 aromatic carbocycles. The van der Waals surface area contributed by atoms with Crippen molar-refractivity contribution in [3.05, 3.63) is 64.7 Å². The van der Waals surface area contributed by atoms with Gasteiger partial charge in [-0.3, -0.25) is 14.4 Å². The molecule has 2 aromatic rings. The minimum atomic E-state index is -0.280. The fraction of sp³-hybridized carbons (Fsp3) is 0.400. The average molecular weight is 434 g/mol. The minimum absolute atomic E-state index is 0.0632. The quantitative estimate of drug-likeness (QED) is 0.774. The molecule has 1 saturated heterocycles. The van der Waals surface area contributed by atoms with Gasteiger partial charge in [0.1, 0.15) is 11.9 Å². The Morgan fingerprint density at radius 2 is 1.72 bits per heavy atom. The van der Waals surface area contributed by atoms with E-state index in [0.29, 0.717) is 41.8 Å². The van der Waals surface area contributed by atoms with Crippen molar-refractivity contribution in [3.8, 4) is 5.75 Å². The summed E-state index contributed by atoms with van der Waals surface area (Å²) in [5.74, 6) is 0.717. The fourth-order valence-corrected chi connectivity index (χ4v) is 5.30. The summed E-state index contributed by atoms with van der Waals surface area (Å²) in [6.45, 7) is 4.95. The summed E-state index contributed by atoms with van der Waals surface area (Å²) in [7, 11) is 1.57. The summed E-state index contributed by atoms with van der Waals surface area (Å²) in [4.78, 5) is 39.2. The van der Waals surface area contributed by atoms with Crippen molar-refractivity contribution in [1.29, 1.82) is 0 Å². The van der Waals surface area contributed by atoms with E-state index in [9.17, 15) is 14.4 Å². The first-order valence-corrected chi connectivity index (χ1v) is 11.1. The molecule has 1 saturated carbocycles. The molecule has 32 heavy (non-hydrogen) atoms. The Morgan fingerprint density at radius 3 is 2.34 bits per heavy atom. The highest BCUT2D eigenvalue weighted by Crippen LogP contribution is 2.47. The van der Waals surface area contributed by atoms with Gasteiger partial charge in [-0.1, -0.05) is 30.3 Å². The van der Waals surface area contributed by atoms with Crippen LogP contribution in [0.2, 0.25) is 0 Å². The molecule has 2 fully saturated rings. The molecule has 3 aliphatic rings. The Labute approximate surface area is 187 Å². The second-order valence-electron chi connectivity index (χ2n) is 8.98. The van der Waals surface area contributed by atoms with Crippen LogP contribution in [0.1, 0.15) is 51.6 Å². The number of carbonyl (C=O) groups is 3. The predicted molar refractivity (Wildman–Crippen MR) is 119 cm³/mol. The van der Waals surface area contributed by atoms with Crippen LogP contribution in [0.3, 0.4) is 0 Å². The average Bonchev–Trinajstić information content (AvgIpc) is 3.12. The molecule has 5 rings (SSSR count). The van der Waals surface area contributed by atoms with Gasteiger partial charge in [0.25, 0.3) is 11.8 Å². The molecule has 0 bridgehead atoms. The van der Waals surface area contributed by atoms with E-state index in [1.165, 1.54) is 0 Å². The van der Waals surface area contributed by atoms with Gasteiger partial charge >= 0.3 is 0 Å². The number of piperidine rings is 1. The zero-order valence-corrected chi connectivity index (χ0v) is 18.4. The number of fused-ring (bicyclic) bond motifs is 2. The lowest BCUT2D eigenvalue weighted by atomic mass is 9.87. The molecule has 7 nitrogen and oxygen atoms in total. The molecule has 1 unspecified atom stereocenters. The van der Waals surface area contributed by atoms with Gasteiger partial charge in [0.15, 0.2) is 0 Å². The number of rotatable bonds is 4. The topological polar surface area (TPSA) is 87.7 Å². The van der Waals surface area contributed by atoms with E-state index in [2.05, 4.69) is 10.6 Å². The van der Waals surface area contributed by atoms with Crippen LogP contribution in [0.15, 0.2) is 42.5 Å². The maximum absolute atomic E-state index is 13.2. The monoisotopic (exact) mass is 433 g/mol. The van der Waals surface area contributed by atoms with Crippen molar-refractivity contribution in [3.63, 3.8) is 0 Å². The Hall–Kier alpha value is -3.35. The number of likely N-dealkylation sites (tertiary alicyclic amines) is 1. The van der Waals surface area contributed by atoms with E-state index in [1.807, 2.05) is 48.2 Å². The number of hydrogen-bond donors (Lipinski definition) is 2. The van der Waals surface area contributed by atoms with Crippen LogP contribution in [0.4, 0.5) is 0 Å². The number of hydrogen-bond acceptors (Lipinski definition) is 4. The highest BCUT2D eigenvalue weighted by Gasteiger charge is 2.57. The van der Waals surface area contributed by atoms with Crippen LogP contribution in [0.5, 0.6) is 5.75 Å². The normalized spacial score (nSPS) is 27.2. The van der Waals surface area contributed by atoms with Crippen molar-refractivity contribution in [2.45, 2.75) is 31.9 Å². The van der Waals surface area contributed by atoms with Crippen molar-refractivity contribution < 1.29 is 19.1 Å². The first-order valence-electron chi connectivity index (χ1n) is 11.1. The van der Waals surface area contributed by atoms with Gasteiger partial charge in [0.05, 0.1) is 5.56 Å². The molecule has 5 atom stereocenters. The summed E-state index contributed by atoms with van der Waals surface area (Å²) < 4.78 is 6.12. The van der Waals surface area contributed by atoms with Crippen molar-refractivity contribution in [1.82, 2.24) is 15.5 Å². The van der Waals surface area contributed by atoms with Gasteiger partial charge in [0.2, 0.25) is 5.91 Å². The lowest BCUT2D eigenvalue weighted by Crippen LogP contribution is -2.36. The third-order valence-corrected chi connectivity index (χ3v) is 7.06. The maximum atomic E-state index is 13.2. The summed E-state index contributed by atoms with van der Waals surface area (Å²) >= 11 is 0. The Bertz CT molecular complexity index is 1090. The molecule has 3 amide bonds. The number of nitrogens with zero attached hydrogens (tertiary/aromatic N) is 1. The Balaban J connectivity index is 1.44. The van der Waals surface area contributed by atoms with Crippen LogP contribution in [-0.4, -0.2) is 54.9 Å². The molecule has 2 N–H and O–H groups in total. The van der Waals surface area contributed by atoms with Crippen LogP contribution >= 0.6 is 0 Å². The van der Waals surface area contributed by atoms with Crippen LogP contribution < -0.4 is 15.4 Å². The van der Waals surface area contributed by atoms with E-state index in [4.69, 9.17) is 4.74 Å². The third-order valence-electron chi connectivity index (χ3n) is 7.06. The summed E-state index contributed by atoms with van der Waals surface area (Å²) in [6.07, 6.45) is -0.158. The van der Waals surface area contributed by atoms with Crippen molar-refractivity contribution in [2.24, 2.45) is 11.8 Å². The molecule has 0 radical (unpaired) electrons. The number of amides is 3. The number of benzene rings is 2. The molecular weight excluding hydrogens is 406 g/mol. The minimum Gasteiger partial charge on any atom is -0.489 e. The lowest BCUT2D eigenvalue weighted by molar-refractivity contribution is -0.128. The predicted octanol–water partition coefficient (Wildman–Crippen LogP) is 2.17. The number of carbonyl (C=O) groups excluding carboxylic acids is 3. The molecule has 7 heteroatoms. The smallest absolute Gasteiger partial charge is 0.254 e. The zero-order chi connectivity index (χ0) is 22.6. The Morgan fingerprint density at radius 1 is 1.03 bits per heavy atom. The van der Waals surface area contributed by atoms with E-state index < -0.39 is 0 Å². The molecule has 0 aromatic heterocycles. The first-order chi connectivity index (χ1) is 15.4. The van der Waals surface area contributed by atoms with Gasteiger partial charge in [-0.05, 0) is 24.6 Å². The summed E-state index contributed by atoms with van der Waals surface area (Å²) in [6, 6.07) is 13.6. The van der Waals surface area contributed by atoms with Crippen LogP contribution in [-0.2, 0) is 4.79 Å². The van der Waals surface area contributed by atoms with Crippen LogP contribution in [0.25, 0.3) is 0 Å². The summed E-state index contributed by atoms with van der Waals surface area (Å²) in [5.41, 5.74) is 2.77. The molecule has 1 aliphatic carbocycles. The van der Waals surface area contributed by atoms with Crippen molar-refractivity contribution in [2.75, 3.05) is 20.1 Å². The summed E-state index contributed by atoms with van der Waals surface area (Å²) in [5, 5.41) is 5.78. The molecule has 0 spiro atoms. The van der Waals surface area contributed by atoms with Gasteiger partial charge in [-0.25, -0.2) is 0 Å². The molecule has 2 heterocycles. The Kier molecular flexibility index (Phi) is 4.92. The third kappa shape index (κ3) is 3.32. The van der Waals surface area contributed by atoms with Crippen LogP contribution in [0, 0.1) is 11.8 Å². The van der Waals surface area contributed by atoms with Gasteiger partial charge < -0.3 is 20.3 Å². The number of nitrogens with one attached hydrogen (secondary N) is 2. The van der Waals surface area contributed by atoms with Crippen molar-refractivity contribution >= 4 is 17.7 Å². The second-order valence-corrected chi connectivity index (χ2v) is 8.98. The van der Waals surface area contributed by atoms with E-state index in [0.717, 1.165) is 11.1 Å². The second kappa shape index (κ2) is 7.65. The maximum Gasteiger partial charge on any atom is 0.254 e. The first kappa shape index (κ1) is 20.5. The molecule has 2 aliphatic heterocycles. The zero-order valence-electron chi connectivity index (χ0n) is 18.4. The van der Waals surface area contributed by atoms with E-state index in [1.54, 1.807) is 20.0 Å². The standard InChI is InChI=1S/C25H27N3O4/c1-13-21(15-7-5-4-6-8-15)17-9-16(10-18(23(17)32-13)25(31)26-3)24(30)27-22-19-11-28(14(2)29)12-20(19)22/h4-10,13,19-22H,11-12H2,1-3H3,(H,26,31)(H,27,30)/t13-,19-,20+,21+,22?/m1/s1. The number of ether oxygens (including phenoxy) is 1. The highest BCUT2D eigenvalue weighted by molar-refractivity contribution is 6.02. The largest absolute Gasteiger partial charge is 0.489 e. The fourth-order valence-electron chi connectivity index (χ4n) is 5.30. The highest BCUT2D eigenvalue weighted by atomic mass is 16.5. The SMILES string of the molecule is CNC(=O)c1cc(C(=O)NC2[C@H]3CN(C(C)=O)C[C@@H]23)cc2c1O[C@H](C)[C@H]2c1ccccc1. The van der Waals surface area contributed by atoms with E-state index in [-0.39, 0.29) is 35.8 Å². The van der Waals surface area contributed by atoms with Gasteiger partial charge in [-0.2, -0.15) is 0 Å². The molecular formula is C25H27N3O4. The van der Waals surface area contributed by atoms with Gasteiger partial charge in [-0.15, -0.1) is 0 Å².